The van der Waals surface area contributed by atoms with Gasteiger partial charge in [0.1, 0.15) is 5.75 Å². The molecule has 4 heterocycles. The first-order chi connectivity index (χ1) is 21.0. The van der Waals surface area contributed by atoms with Crippen LogP contribution in [0.3, 0.4) is 0 Å². The second-order valence-corrected chi connectivity index (χ2v) is 15.6. The number of ether oxygens (including phenoxy) is 1. The van der Waals surface area contributed by atoms with Crippen LogP contribution < -0.4 is 4.74 Å². The van der Waals surface area contributed by atoms with Gasteiger partial charge in [-0.05, 0) is 70.0 Å². The average molecular weight is 653 g/mol. The summed E-state index contributed by atoms with van der Waals surface area (Å²) in [6, 6.07) is 6.38. The molecular weight excluding hydrogens is 609 g/mol. The Bertz CT molecular complexity index is 1510. The molecule has 4 atom stereocenters. The molecular formula is C36H44O3S4. The molecule has 2 aliphatic rings. The van der Waals surface area contributed by atoms with Crippen molar-refractivity contribution in [2.75, 3.05) is 6.61 Å². The number of ketones is 2. The van der Waals surface area contributed by atoms with E-state index in [0.29, 0.717) is 16.4 Å². The summed E-state index contributed by atoms with van der Waals surface area (Å²) in [5.41, 5.74) is 2.19. The third-order valence-corrected chi connectivity index (χ3v) is 12.9. The largest absolute Gasteiger partial charge is 0.491 e. The Labute approximate surface area is 273 Å². The fourth-order valence-corrected chi connectivity index (χ4v) is 10.1. The van der Waals surface area contributed by atoms with Crippen LogP contribution in [-0.2, 0) is 6.42 Å². The standard InChI is InChI=1S/C26H38OS2.C10H6O2S2/c1-5-9-11-19(7-3)17-23-21-13-15-29-26(21)24(22-14-16-28-25(22)23)27-18-20(8-4)12-10-6-2;11-7-5-1-3-13-9(5)8(12)6-2-4-14-10(6)7/h13-16,19-20H,5-12,17-18H2,1-4H3;1-5,9H. The van der Waals surface area contributed by atoms with E-state index in [-0.39, 0.29) is 22.7 Å². The summed E-state index contributed by atoms with van der Waals surface area (Å²) in [6.45, 7) is 10.1. The molecule has 4 unspecified atom stereocenters. The predicted octanol–water partition coefficient (Wildman–Crippen LogP) is 11.8. The second-order valence-electron chi connectivity index (χ2n) is 11.8. The third-order valence-electron chi connectivity index (χ3n) is 8.98. The van der Waals surface area contributed by atoms with Gasteiger partial charge in [0.15, 0.2) is 11.6 Å². The Kier molecular flexibility index (Phi) is 11.6. The Morgan fingerprint density at radius 3 is 2.19 bits per heavy atom. The summed E-state index contributed by atoms with van der Waals surface area (Å²) in [7, 11) is 0. The number of allylic oxidation sites excluding steroid dienone is 1. The Morgan fingerprint density at radius 1 is 0.791 bits per heavy atom. The number of unbranched alkanes of at least 4 members (excludes halogenated alkanes) is 2. The molecule has 0 spiro atoms. The maximum absolute atomic E-state index is 11.9. The third kappa shape index (κ3) is 7.00. The number of hydrogen-bond donors (Lipinski definition) is 0. The highest BCUT2D eigenvalue weighted by atomic mass is 32.2. The lowest BCUT2D eigenvalue weighted by Gasteiger charge is -2.21. The number of rotatable bonds is 13. The van der Waals surface area contributed by atoms with Gasteiger partial charge in [-0.2, -0.15) is 0 Å². The number of fused-ring (bicyclic) bond motifs is 4. The van der Waals surface area contributed by atoms with Gasteiger partial charge in [-0.3, -0.25) is 9.59 Å². The van der Waals surface area contributed by atoms with Crippen molar-refractivity contribution in [3.05, 3.63) is 61.8 Å². The molecule has 3 nitrogen and oxygen atoms in total. The molecule has 0 saturated heterocycles. The summed E-state index contributed by atoms with van der Waals surface area (Å²) in [5, 5.41) is 10.8. The molecule has 3 aromatic heterocycles. The molecule has 0 bridgehead atoms. The molecule has 43 heavy (non-hydrogen) atoms. The maximum Gasteiger partial charge on any atom is 0.181 e. The van der Waals surface area contributed by atoms with Gasteiger partial charge in [0, 0.05) is 21.0 Å². The zero-order valence-corrected chi connectivity index (χ0v) is 29.1. The fourth-order valence-electron chi connectivity index (χ4n) is 6.22. The summed E-state index contributed by atoms with van der Waals surface area (Å²) in [4.78, 5) is 24.4. The second kappa shape index (κ2) is 15.4. The van der Waals surface area contributed by atoms with Crippen LogP contribution in [0.4, 0.5) is 0 Å². The van der Waals surface area contributed by atoms with Crippen molar-refractivity contribution in [1.29, 1.82) is 0 Å². The highest BCUT2D eigenvalue weighted by Gasteiger charge is 2.43. The summed E-state index contributed by atoms with van der Waals surface area (Å²) in [5.74, 6) is 2.61. The number of benzene rings is 1. The molecule has 230 valence electrons. The van der Waals surface area contributed by atoms with Crippen LogP contribution in [0, 0.1) is 17.8 Å². The van der Waals surface area contributed by atoms with Gasteiger partial charge in [0.2, 0.25) is 0 Å². The van der Waals surface area contributed by atoms with E-state index in [4.69, 9.17) is 4.74 Å². The van der Waals surface area contributed by atoms with Crippen LogP contribution in [0.1, 0.15) is 105 Å². The number of Topliss-reactive ketones (excluding diaryl/α,β-unsaturated/α-hetero) is 2. The lowest BCUT2D eigenvalue weighted by molar-refractivity contribution is 0.0865. The SMILES string of the molecule is CCCCC(CC)COc1c2ccsc2c(CC(CC)CCCC)c2ccsc12.O=C1c2sccc2C(=O)C2SC=CC12. The van der Waals surface area contributed by atoms with Gasteiger partial charge in [0.25, 0.3) is 0 Å². The first-order valence-corrected chi connectivity index (χ1v) is 19.6. The van der Waals surface area contributed by atoms with Crippen molar-refractivity contribution in [2.45, 2.75) is 90.7 Å². The molecule has 0 amide bonds. The molecule has 4 aromatic rings. The molecule has 0 fully saturated rings. The lowest BCUT2D eigenvalue weighted by Crippen LogP contribution is -2.34. The molecule has 0 saturated carbocycles. The normalized spacial score (nSPS) is 18.9. The van der Waals surface area contributed by atoms with Crippen molar-refractivity contribution in [3.63, 3.8) is 0 Å². The summed E-state index contributed by atoms with van der Waals surface area (Å²) in [6.07, 6.45) is 13.4. The van der Waals surface area contributed by atoms with Crippen molar-refractivity contribution in [1.82, 2.24) is 0 Å². The quantitative estimate of drug-likeness (QED) is 0.144. The predicted molar refractivity (Wildman–Crippen MR) is 190 cm³/mol. The number of thioether (sulfide) groups is 1. The van der Waals surface area contributed by atoms with Gasteiger partial charge in [-0.1, -0.05) is 78.7 Å². The van der Waals surface area contributed by atoms with E-state index in [1.165, 1.54) is 101 Å². The minimum Gasteiger partial charge on any atom is -0.491 e. The van der Waals surface area contributed by atoms with Crippen molar-refractivity contribution in [3.8, 4) is 5.75 Å². The number of carbonyl (C=O) groups excluding carboxylic acids is 2. The van der Waals surface area contributed by atoms with Crippen LogP contribution in [0.2, 0.25) is 0 Å². The van der Waals surface area contributed by atoms with Gasteiger partial charge in [-0.15, -0.1) is 45.8 Å². The van der Waals surface area contributed by atoms with E-state index in [1.54, 1.807) is 11.6 Å². The molecule has 1 aliphatic carbocycles. The van der Waals surface area contributed by atoms with Gasteiger partial charge in [-0.25, -0.2) is 0 Å². The lowest BCUT2D eigenvalue weighted by atomic mass is 9.87. The van der Waals surface area contributed by atoms with Crippen molar-refractivity contribution >= 4 is 77.5 Å². The maximum atomic E-state index is 11.9. The van der Waals surface area contributed by atoms with E-state index >= 15 is 0 Å². The Morgan fingerprint density at radius 2 is 1.47 bits per heavy atom. The molecule has 0 radical (unpaired) electrons. The van der Waals surface area contributed by atoms with Crippen LogP contribution in [0.5, 0.6) is 5.75 Å². The minimum absolute atomic E-state index is 0.112. The van der Waals surface area contributed by atoms with Crippen LogP contribution in [0.25, 0.3) is 20.2 Å². The van der Waals surface area contributed by atoms with Gasteiger partial charge >= 0.3 is 0 Å². The van der Waals surface area contributed by atoms with Crippen molar-refractivity contribution < 1.29 is 14.3 Å². The molecule has 6 rings (SSSR count). The zero-order valence-electron chi connectivity index (χ0n) is 25.9. The molecule has 7 heteroatoms. The molecule has 1 aliphatic heterocycles. The zero-order chi connectivity index (χ0) is 30.3. The number of carbonyl (C=O) groups is 2. The Balaban J connectivity index is 0.000000217. The van der Waals surface area contributed by atoms with Crippen molar-refractivity contribution in [2.24, 2.45) is 17.8 Å². The topological polar surface area (TPSA) is 43.4 Å². The fraction of sp³-hybridized carbons (Fsp3) is 0.500. The van der Waals surface area contributed by atoms with Gasteiger partial charge in [0.05, 0.1) is 27.4 Å². The van der Waals surface area contributed by atoms with Gasteiger partial charge < -0.3 is 4.74 Å². The molecule has 1 aromatic carbocycles. The number of hydrogen-bond acceptors (Lipinski definition) is 7. The highest BCUT2D eigenvalue weighted by Crippen LogP contribution is 2.45. The smallest absolute Gasteiger partial charge is 0.181 e. The highest BCUT2D eigenvalue weighted by molar-refractivity contribution is 8.03. The van der Waals surface area contributed by atoms with E-state index in [1.807, 2.05) is 39.5 Å². The van der Waals surface area contributed by atoms with E-state index in [0.717, 1.165) is 18.3 Å². The summed E-state index contributed by atoms with van der Waals surface area (Å²) < 4.78 is 9.39. The van der Waals surface area contributed by atoms with Crippen LogP contribution in [0.15, 0.2) is 45.8 Å². The average Bonchev–Trinajstić information content (AvgIpc) is 3.85. The van der Waals surface area contributed by atoms with E-state index < -0.39 is 0 Å². The van der Waals surface area contributed by atoms with E-state index in [9.17, 15) is 9.59 Å². The van der Waals surface area contributed by atoms with Crippen LogP contribution in [-0.4, -0.2) is 23.4 Å². The van der Waals surface area contributed by atoms with Crippen LogP contribution >= 0.6 is 45.8 Å². The first kappa shape index (κ1) is 32.5. The Hall–Kier alpha value is -1.93. The monoisotopic (exact) mass is 652 g/mol. The molecule has 0 N–H and O–H groups in total. The summed E-state index contributed by atoms with van der Waals surface area (Å²) >= 11 is 6.59. The van der Waals surface area contributed by atoms with E-state index in [2.05, 4.69) is 50.6 Å². The number of thiophene rings is 3. The minimum atomic E-state index is -0.210. The first-order valence-electron chi connectivity index (χ1n) is 16.0.